The quantitative estimate of drug-likeness (QED) is 0.654. The molecular formula is C22H20N2O2S. The van der Waals surface area contributed by atoms with Crippen molar-refractivity contribution >= 4 is 34.7 Å². The maximum atomic E-state index is 12.5. The number of ether oxygens (including phenoxy) is 1. The fourth-order valence-corrected chi connectivity index (χ4v) is 4.29. The van der Waals surface area contributed by atoms with Gasteiger partial charge in [0.1, 0.15) is 5.75 Å². The van der Waals surface area contributed by atoms with Gasteiger partial charge in [0.2, 0.25) is 5.91 Å². The van der Waals surface area contributed by atoms with E-state index in [2.05, 4.69) is 34.5 Å². The lowest BCUT2D eigenvalue weighted by Gasteiger charge is -2.32. The van der Waals surface area contributed by atoms with E-state index in [9.17, 15) is 4.79 Å². The molecule has 1 N–H and O–H groups in total. The molecular weight excluding hydrogens is 356 g/mol. The van der Waals surface area contributed by atoms with Gasteiger partial charge in [0.15, 0.2) is 0 Å². The second-order valence-electron chi connectivity index (χ2n) is 6.19. The highest BCUT2D eigenvalue weighted by Gasteiger charge is 2.23. The molecule has 0 spiro atoms. The molecule has 0 bridgehead atoms. The SMILES string of the molecule is COc1ccccc1NC(=O)CCN1c2ccccc2Sc2ccccc21. The molecule has 4 nitrogen and oxygen atoms in total. The summed E-state index contributed by atoms with van der Waals surface area (Å²) in [7, 11) is 1.60. The van der Waals surface area contributed by atoms with Crippen LogP contribution in [0, 0.1) is 0 Å². The number of amides is 1. The van der Waals surface area contributed by atoms with Gasteiger partial charge < -0.3 is 15.0 Å². The van der Waals surface area contributed by atoms with E-state index in [4.69, 9.17) is 4.74 Å². The number of methoxy groups -OCH3 is 1. The zero-order valence-corrected chi connectivity index (χ0v) is 15.8. The van der Waals surface area contributed by atoms with Gasteiger partial charge in [0.25, 0.3) is 0 Å². The molecule has 27 heavy (non-hydrogen) atoms. The van der Waals surface area contributed by atoms with E-state index in [1.807, 2.05) is 48.5 Å². The standard InChI is InChI=1S/C22H20N2O2S/c1-26-19-11-5-2-8-16(19)23-22(25)14-15-24-17-9-3-6-12-20(17)27-21-13-7-4-10-18(21)24/h2-13H,14-15H2,1H3,(H,23,25). The summed E-state index contributed by atoms with van der Waals surface area (Å²) in [5, 5.41) is 2.95. The van der Waals surface area contributed by atoms with Crippen LogP contribution >= 0.6 is 11.8 Å². The van der Waals surface area contributed by atoms with Gasteiger partial charge in [-0.05, 0) is 36.4 Å². The molecule has 136 valence electrons. The Kier molecular flexibility index (Phi) is 5.03. The molecule has 3 aromatic rings. The van der Waals surface area contributed by atoms with Crippen LogP contribution in [0.25, 0.3) is 0 Å². The number of nitrogens with one attached hydrogen (secondary N) is 1. The van der Waals surface area contributed by atoms with Crippen molar-refractivity contribution in [3.05, 3.63) is 72.8 Å². The first-order valence-corrected chi connectivity index (χ1v) is 9.64. The summed E-state index contributed by atoms with van der Waals surface area (Å²) >= 11 is 1.77. The van der Waals surface area contributed by atoms with Crippen LogP contribution < -0.4 is 15.0 Å². The molecule has 0 saturated heterocycles. The highest BCUT2D eigenvalue weighted by atomic mass is 32.2. The molecule has 0 atom stereocenters. The van der Waals surface area contributed by atoms with Crippen LogP contribution in [0.1, 0.15) is 6.42 Å². The highest BCUT2D eigenvalue weighted by Crippen LogP contribution is 2.47. The Morgan fingerprint density at radius 2 is 1.52 bits per heavy atom. The predicted molar refractivity (Wildman–Crippen MR) is 110 cm³/mol. The Bertz CT molecular complexity index is 928. The van der Waals surface area contributed by atoms with E-state index >= 15 is 0 Å². The maximum absolute atomic E-state index is 12.5. The fourth-order valence-electron chi connectivity index (χ4n) is 3.20. The van der Waals surface area contributed by atoms with E-state index in [-0.39, 0.29) is 5.91 Å². The summed E-state index contributed by atoms with van der Waals surface area (Å²) in [5.41, 5.74) is 2.98. The van der Waals surface area contributed by atoms with Crippen molar-refractivity contribution in [1.29, 1.82) is 0 Å². The number of carbonyl (C=O) groups excluding carboxylic acids is 1. The molecule has 1 amide bonds. The third-order valence-corrected chi connectivity index (χ3v) is 5.61. The van der Waals surface area contributed by atoms with Gasteiger partial charge in [0, 0.05) is 22.8 Å². The monoisotopic (exact) mass is 376 g/mol. The lowest BCUT2D eigenvalue weighted by Crippen LogP contribution is -2.26. The Balaban J connectivity index is 1.52. The number of anilines is 3. The third kappa shape index (κ3) is 3.64. The molecule has 0 radical (unpaired) electrons. The average Bonchev–Trinajstić information content (AvgIpc) is 2.71. The van der Waals surface area contributed by atoms with Gasteiger partial charge in [0.05, 0.1) is 24.2 Å². The van der Waals surface area contributed by atoms with E-state index in [1.54, 1.807) is 18.9 Å². The van der Waals surface area contributed by atoms with Crippen LogP contribution in [-0.4, -0.2) is 19.6 Å². The van der Waals surface area contributed by atoms with Gasteiger partial charge in [-0.15, -0.1) is 0 Å². The van der Waals surface area contributed by atoms with E-state index < -0.39 is 0 Å². The number of fused-ring (bicyclic) bond motifs is 2. The van der Waals surface area contributed by atoms with Crippen molar-refractivity contribution < 1.29 is 9.53 Å². The fraction of sp³-hybridized carbons (Fsp3) is 0.136. The number of para-hydroxylation sites is 4. The number of hydrogen-bond donors (Lipinski definition) is 1. The van der Waals surface area contributed by atoms with Gasteiger partial charge in [-0.25, -0.2) is 0 Å². The first-order valence-electron chi connectivity index (χ1n) is 8.82. The molecule has 4 rings (SSSR count). The smallest absolute Gasteiger partial charge is 0.226 e. The zero-order chi connectivity index (χ0) is 18.6. The first kappa shape index (κ1) is 17.5. The van der Waals surface area contributed by atoms with E-state index in [0.29, 0.717) is 24.4 Å². The Hall–Kier alpha value is -2.92. The van der Waals surface area contributed by atoms with Crippen LogP contribution in [0.15, 0.2) is 82.6 Å². The maximum Gasteiger partial charge on any atom is 0.226 e. The van der Waals surface area contributed by atoms with Gasteiger partial charge in [-0.2, -0.15) is 0 Å². The summed E-state index contributed by atoms with van der Waals surface area (Å²) in [5.74, 6) is 0.628. The van der Waals surface area contributed by atoms with E-state index in [0.717, 1.165) is 11.4 Å². The summed E-state index contributed by atoms with van der Waals surface area (Å²) in [6, 6.07) is 24.1. The molecule has 0 fully saturated rings. The second-order valence-corrected chi connectivity index (χ2v) is 7.27. The van der Waals surface area contributed by atoms with E-state index in [1.165, 1.54) is 9.79 Å². The molecule has 0 aliphatic carbocycles. The summed E-state index contributed by atoms with van der Waals surface area (Å²) in [6.45, 7) is 0.607. The van der Waals surface area contributed by atoms with Crippen LogP contribution in [0.4, 0.5) is 17.1 Å². The van der Waals surface area contributed by atoms with Gasteiger partial charge >= 0.3 is 0 Å². The highest BCUT2D eigenvalue weighted by molar-refractivity contribution is 7.99. The van der Waals surface area contributed by atoms with Gasteiger partial charge in [-0.3, -0.25) is 4.79 Å². The minimum absolute atomic E-state index is 0.0345. The van der Waals surface area contributed by atoms with Crippen LogP contribution in [0.2, 0.25) is 0 Å². The zero-order valence-electron chi connectivity index (χ0n) is 15.0. The summed E-state index contributed by atoms with van der Waals surface area (Å²) in [4.78, 5) is 17.2. The largest absolute Gasteiger partial charge is 0.495 e. The number of rotatable bonds is 5. The lowest BCUT2D eigenvalue weighted by atomic mass is 10.2. The normalized spacial score (nSPS) is 12.1. The van der Waals surface area contributed by atoms with Crippen LogP contribution in [-0.2, 0) is 4.79 Å². The van der Waals surface area contributed by atoms with Crippen LogP contribution in [0.3, 0.4) is 0 Å². The first-order chi connectivity index (χ1) is 13.3. The van der Waals surface area contributed by atoms with Crippen molar-refractivity contribution in [3.8, 4) is 5.75 Å². The van der Waals surface area contributed by atoms with Crippen molar-refractivity contribution in [2.45, 2.75) is 16.2 Å². The van der Waals surface area contributed by atoms with Crippen molar-refractivity contribution in [2.24, 2.45) is 0 Å². The second kappa shape index (κ2) is 7.76. The number of benzene rings is 3. The Morgan fingerprint density at radius 3 is 2.19 bits per heavy atom. The molecule has 1 aliphatic heterocycles. The van der Waals surface area contributed by atoms with Crippen molar-refractivity contribution in [3.63, 3.8) is 0 Å². The van der Waals surface area contributed by atoms with Crippen LogP contribution in [0.5, 0.6) is 5.75 Å². The lowest BCUT2D eigenvalue weighted by molar-refractivity contribution is -0.116. The minimum Gasteiger partial charge on any atom is -0.495 e. The molecule has 0 saturated carbocycles. The Labute approximate surface area is 163 Å². The number of carbonyl (C=O) groups is 1. The minimum atomic E-state index is -0.0345. The molecule has 1 heterocycles. The average molecular weight is 376 g/mol. The van der Waals surface area contributed by atoms with Crippen molar-refractivity contribution in [2.75, 3.05) is 23.9 Å². The molecule has 0 unspecified atom stereocenters. The molecule has 0 aromatic heterocycles. The third-order valence-electron chi connectivity index (χ3n) is 4.48. The molecule has 1 aliphatic rings. The topological polar surface area (TPSA) is 41.6 Å². The summed E-state index contributed by atoms with van der Waals surface area (Å²) in [6.07, 6.45) is 0.380. The van der Waals surface area contributed by atoms with Crippen molar-refractivity contribution in [1.82, 2.24) is 0 Å². The Morgan fingerprint density at radius 1 is 0.926 bits per heavy atom. The number of nitrogens with zero attached hydrogens (tertiary/aromatic N) is 1. The predicted octanol–water partition coefficient (Wildman–Crippen LogP) is 5.33. The summed E-state index contributed by atoms with van der Waals surface area (Å²) < 4.78 is 5.31. The van der Waals surface area contributed by atoms with Gasteiger partial charge in [-0.1, -0.05) is 48.2 Å². The number of hydrogen-bond acceptors (Lipinski definition) is 4. The molecule has 5 heteroatoms. The molecule has 3 aromatic carbocycles.